The molecule has 1 saturated heterocycles. The van der Waals surface area contributed by atoms with Crippen molar-refractivity contribution in [1.82, 2.24) is 4.98 Å². The first kappa shape index (κ1) is 13.0. The SMILES string of the molecule is Cc1cnccc1NC(=O)C(N)C1CCOCC1. The summed E-state index contributed by atoms with van der Waals surface area (Å²) in [4.78, 5) is 16.1. The summed E-state index contributed by atoms with van der Waals surface area (Å²) in [6.45, 7) is 3.29. The topological polar surface area (TPSA) is 77.2 Å². The number of aryl methyl sites for hydroxylation is 1. The molecule has 0 bridgehead atoms. The van der Waals surface area contributed by atoms with Gasteiger partial charge in [0.2, 0.25) is 5.91 Å². The smallest absolute Gasteiger partial charge is 0.241 e. The van der Waals surface area contributed by atoms with E-state index in [2.05, 4.69) is 10.3 Å². The molecule has 2 rings (SSSR count). The normalized spacial score (nSPS) is 18.3. The molecule has 1 aliphatic rings. The van der Waals surface area contributed by atoms with Gasteiger partial charge in [-0.2, -0.15) is 0 Å². The van der Waals surface area contributed by atoms with Crippen molar-refractivity contribution >= 4 is 11.6 Å². The van der Waals surface area contributed by atoms with Crippen molar-refractivity contribution in [2.45, 2.75) is 25.8 Å². The van der Waals surface area contributed by atoms with Crippen molar-refractivity contribution in [2.24, 2.45) is 11.7 Å². The molecular weight excluding hydrogens is 230 g/mol. The van der Waals surface area contributed by atoms with Crippen LogP contribution in [0.2, 0.25) is 0 Å². The number of pyridine rings is 1. The molecule has 98 valence electrons. The molecule has 1 aromatic rings. The highest BCUT2D eigenvalue weighted by Gasteiger charge is 2.26. The Labute approximate surface area is 107 Å². The van der Waals surface area contributed by atoms with Crippen LogP contribution in [0.3, 0.4) is 0 Å². The van der Waals surface area contributed by atoms with Crippen LogP contribution in [0.1, 0.15) is 18.4 Å². The Morgan fingerprint density at radius 1 is 1.56 bits per heavy atom. The number of rotatable bonds is 3. The van der Waals surface area contributed by atoms with Crippen LogP contribution in [-0.4, -0.2) is 30.1 Å². The number of nitrogens with two attached hydrogens (primary N) is 1. The first-order chi connectivity index (χ1) is 8.68. The van der Waals surface area contributed by atoms with Crippen LogP contribution in [0.5, 0.6) is 0 Å². The number of hydrogen-bond donors (Lipinski definition) is 2. The lowest BCUT2D eigenvalue weighted by atomic mass is 9.92. The van der Waals surface area contributed by atoms with E-state index in [4.69, 9.17) is 10.5 Å². The van der Waals surface area contributed by atoms with Gasteiger partial charge < -0.3 is 15.8 Å². The first-order valence-corrected chi connectivity index (χ1v) is 6.23. The minimum absolute atomic E-state index is 0.129. The second-order valence-corrected chi connectivity index (χ2v) is 4.66. The molecule has 1 atom stereocenters. The van der Waals surface area contributed by atoms with Crippen LogP contribution in [-0.2, 0) is 9.53 Å². The Bertz CT molecular complexity index is 416. The molecule has 0 aromatic carbocycles. The number of carbonyl (C=O) groups is 1. The minimum Gasteiger partial charge on any atom is -0.381 e. The van der Waals surface area contributed by atoms with E-state index < -0.39 is 6.04 Å². The van der Waals surface area contributed by atoms with E-state index >= 15 is 0 Å². The van der Waals surface area contributed by atoms with Gasteiger partial charge in [0, 0.05) is 31.3 Å². The van der Waals surface area contributed by atoms with Gasteiger partial charge in [0.05, 0.1) is 6.04 Å². The second kappa shape index (κ2) is 5.93. The summed E-state index contributed by atoms with van der Waals surface area (Å²) in [5, 5.41) is 2.86. The van der Waals surface area contributed by atoms with Crippen LogP contribution in [0.15, 0.2) is 18.5 Å². The van der Waals surface area contributed by atoms with Crippen molar-refractivity contribution in [3.05, 3.63) is 24.0 Å². The van der Waals surface area contributed by atoms with Gasteiger partial charge in [-0.1, -0.05) is 0 Å². The number of amides is 1. The maximum absolute atomic E-state index is 12.1. The van der Waals surface area contributed by atoms with Gasteiger partial charge in [0.15, 0.2) is 0 Å². The quantitative estimate of drug-likeness (QED) is 0.840. The molecule has 0 spiro atoms. The molecule has 5 heteroatoms. The summed E-state index contributed by atoms with van der Waals surface area (Å²) >= 11 is 0. The molecule has 2 heterocycles. The van der Waals surface area contributed by atoms with Crippen molar-refractivity contribution in [1.29, 1.82) is 0 Å². The molecule has 1 aromatic heterocycles. The Morgan fingerprint density at radius 3 is 2.94 bits per heavy atom. The lowest BCUT2D eigenvalue weighted by Gasteiger charge is -2.26. The molecule has 3 N–H and O–H groups in total. The summed E-state index contributed by atoms with van der Waals surface area (Å²) in [6.07, 6.45) is 5.08. The molecular formula is C13H19N3O2. The lowest BCUT2D eigenvalue weighted by molar-refractivity contribution is -0.119. The average molecular weight is 249 g/mol. The summed E-state index contributed by atoms with van der Waals surface area (Å²) in [7, 11) is 0. The summed E-state index contributed by atoms with van der Waals surface area (Å²) in [5.41, 5.74) is 7.72. The number of nitrogens with one attached hydrogen (secondary N) is 1. The molecule has 0 radical (unpaired) electrons. The van der Waals surface area contributed by atoms with Gasteiger partial charge in [-0.3, -0.25) is 9.78 Å². The zero-order valence-corrected chi connectivity index (χ0v) is 10.6. The van der Waals surface area contributed by atoms with E-state index in [-0.39, 0.29) is 11.8 Å². The van der Waals surface area contributed by atoms with Gasteiger partial charge in [0.1, 0.15) is 0 Å². The summed E-state index contributed by atoms with van der Waals surface area (Å²) in [5.74, 6) is 0.0806. The monoisotopic (exact) mass is 249 g/mol. The predicted molar refractivity (Wildman–Crippen MR) is 69.1 cm³/mol. The van der Waals surface area contributed by atoms with Crippen LogP contribution in [0.25, 0.3) is 0 Å². The van der Waals surface area contributed by atoms with E-state index in [1.54, 1.807) is 18.5 Å². The minimum atomic E-state index is -0.471. The van der Waals surface area contributed by atoms with Crippen molar-refractivity contribution in [3.63, 3.8) is 0 Å². The van der Waals surface area contributed by atoms with Gasteiger partial charge in [-0.25, -0.2) is 0 Å². The standard InChI is InChI=1S/C13H19N3O2/c1-9-8-15-5-2-11(9)16-13(17)12(14)10-3-6-18-7-4-10/h2,5,8,10,12H,3-4,6-7,14H2,1H3,(H,15,16,17). The van der Waals surface area contributed by atoms with E-state index in [1.165, 1.54) is 0 Å². The van der Waals surface area contributed by atoms with Crippen LogP contribution < -0.4 is 11.1 Å². The molecule has 0 saturated carbocycles. The molecule has 1 fully saturated rings. The molecule has 1 amide bonds. The number of carbonyl (C=O) groups excluding carboxylic acids is 1. The molecule has 18 heavy (non-hydrogen) atoms. The Hall–Kier alpha value is -1.46. The Balaban J connectivity index is 1.97. The zero-order chi connectivity index (χ0) is 13.0. The number of anilines is 1. The van der Waals surface area contributed by atoms with E-state index in [9.17, 15) is 4.79 Å². The van der Waals surface area contributed by atoms with Gasteiger partial charge in [0.25, 0.3) is 0 Å². The summed E-state index contributed by atoms with van der Waals surface area (Å²) < 4.78 is 5.27. The average Bonchev–Trinajstić information content (AvgIpc) is 2.41. The molecule has 1 unspecified atom stereocenters. The maximum atomic E-state index is 12.1. The first-order valence-electron chi connectivity index (χ1n) is 6.23. The third kappa shape index (κ3) is 3.05. The van der Waals surface area contributed by atoms with Crippen LogP contribution in [0, 0.1) is 12.8 Å². The fraction of sp³-hybridized carbons (Fsp3) is 0.538. The second-order valence-electron chi connectivity index (χ2n) is 4.66. The fourth-order valence-electron chi connectivity index (χ4n) is 2.12. The largest absolute Gasteiger partial charge is 0.381 e. The third-order valence-electron chi connectivity index (χ3n) is 3.35. The van der Waals surface area contributed by atoms with Crippen LogP contribution in [0.4, 0.5) is 5.69 Å². The van der Waals surface area contributed by atoms with Gasteiger partial charge >= 0.3 is 0 Å². The molecule has 1 aliphatic heterocycles. The summed E-state index contributed by atoms with van der Waals surface area (Å²) in [6, 6.07) is 1.31. The van der Waals surface area contributed by atoms with Crippen molar-refractivity contribution in [3.8, 4) is 0 Å². The highest BCUT2D eigenvalue weighted by Crippen LogP contribution is 2.19. The predicted octanol–water partition coefficient (Wildman–Crippen LogP) is 1.08. The molecule has 0 aliphatic carbocycles. The number of hydrogen-bond acceptors (Lipinski definition) is 4. The van der Waals surface area contributed by atoms with Crippen molar-refractivity contribution in [2.75, 3.05) is 18.5 Å². The van der Waals surface area contributed by atoms with Crippen molar-refractivity contribution < 1.29 is 9.53 Å². The number of ether oxygens (including phenoxy) is 1. The Morgan fingerprint density at radius 2 is 2.28 bits per heavy atom. The molecule has 5 nitrogen and oxygen atoms in total. The third-order valence-corrected chi connectivity index (χ3v) is 3.35. The fourth-order valence-corrected chi connectivity index (χ4v) is 2.12. The maximum Gasteiger partial charge on any atom is 0.241 e. The lowest BCUT2D eigenvalue weighted by Crippen LogP contribution is -2.44. The van der Waals surface area contributed by atoms with Crippen LogP contribution >= 0.6 is 0 Å². The van der Waals surface area contributed by atoms with Gasteiger partial charge in [-0.05, 0) is 37.3 Å². The van der Waals surface area contributed by atoms with E-state index in [0.29, 0.717) is 13.2 Å². The highest BCUT2D eigenvalue weighted by molar-refractivity contribution is 5.95. The highest BCUT2D eigenvalue weighted by atomic mass is 16.5. The Kier molecular flexibility index (Phi) is 4.28. The van der Waals surface area contributed by atoms with E-state index in [0.717, 1.165) is 24.1 Å². The van der Waals surface area contributed by atoms with Gasteiger partial charge in [-0.15, -0.1) is 0 Å². The number of aromatic nitrogens is 1. The zero-order valence-electron chi connectivity index (χ0n) is 10.6. The van der Waals surface area contributed by atoms with E-state index in [1.807, 2.05) is 6.92 Å². The number of nitrogens with zero attached hydrogens (tertiary/aromatic N) is 1.